The summed E-state index contributed by atoms with van der Waals surface area (Å²) in [6.45, 7) is 5.22. The van der Waals surface area contributed by atoms with Crippen LogP contribution in [0, 0.1) is 5.92 Å². The van der Waals surface area contributed by atoms with Gasteiger partial charge in [-0.25, -0.2) is 4.79 Å². The van der Waals surface area contributed by atoms with Crippen LogP contribution in [-0.2, 0) is 16.1 Å². The van der Waals surface area contributed by atoms with E-state index < -0.39 is 12.0 Å². The molecule has 0 aromatic heterocycles. The molecule has 0 atom stereocenters. The first-order chi connectivity index (χ1) is 16.4. The first kappa shape index (κ1) is 26.5. The number of hydrazine groups is 1. The maximum atomic E-state index is 12.3. The highest BCUT2D eigenvalue weighted by molar-refractivity contribution is 5.96. The van der Waals surface area contributed by atoms with Gasteiger partial charge < -0.3 is 19.5 Å². The molecule has 0 heterocycles. The van der Waals surface area contributed by atoms with Gasteiger partial charge >= 0.3 is 6.09 Å². The number of methoxy groups -OCH3 is 1. The topological polar surface area (TPSA) is 115 Å². The monoisotopic (exact) mass is 471 g/mol. The van der Waals surface area contributed by atoms with Crippen LogP contribution in [0.3, 0.4) is 0 Å². The fourth-order valence-corrected chi connectivity index (χ4v) is 2.81. The lowest BCUT2D eigenvalue weighted by Crippen LogP contribution is -2.41. The molecule has 2 rings (SSSR count). The van der Waals surface area contributed by atoms with Crippen molar-refractivity contribution in [2.24, 2.45) is 5.92 Å². The Morgan fingerprint density at radius 1 is 0.971 bits per heavy atom. The molecule has 0 aliphatic heterocycles. The lowest BCUT2D eigenvalue weighted by molar-refractivity contribution is -0.121. The normalized spacial score (nSPS) is 10.4. The van der Waals surface area contributed by atoms with Crippen LogP contribution < -0.4 is 25.6 Å². The summed E-state index contributed by atoms with van der Waals surface area (Å²) in [4.78, 5) is 36.0. The zero-order valence-electron chi connectivity index (χ0n) is 19.9. The molecular formula is C25H33N3O6. The summed E-state index contributed by atoms with van der Waals surface area (Å²) in [5, 5.41) is 2.58. The van der Waals surface area contributed by atoms with Gasteiger partial charge in [0.05, 0.1) is 13.7 Å². The Balaban J connectivity index is 1.66. The predicted molar refractivity (Wildman–Crippen MR) is 127 cm³/mol. The number of amides is 3. The Morgan fingerprint density at radius 3 is 2.44 bits per heavy atom. The quantitative estimate of drug-likeness (QED) is 0.322. The van der Waals surface area contributed by atoms with Crippen LogP contribution >= 0.6 is 0 Å². The number of hydrogen-bond acceptors (Lipinski definition) is 6. The molecule has 3 amide bonds. The Labute approximate surface area is 200 Å². The van der Waals surface area contributed by atoms with Crippen molar-refractivity contribution in [3.05, 3.63) is 59.7 Å². The van der Waals surface area contributed by atoms with Crippen molar-refractivity contribution in [2.75, 3.05) is 20.3 Å². The molecule has 9 heteroatoms. The van der Waals surface area contributed by atoms with Crippen molar-refractivity contribution in [1.82, 2.24) is 16.2 Å². The molecule has 3 N–H and O–H groups in total. The number of carbonyl (C=O) groups is 3. The average molecular weight is 472 g/mol. The second kappa shape index (κ2) is 14.4. The molecule has 0 saturated carbocycles. The summed E-state index contributed by atoms with van der Waals surface area (Å²) in [7, 11) is 1.50. The van der Waals surface area contributed by atoms with Crippen LogP contribution in [0.2, 0.25) is 0 Å². The maximum Gasteiger partial charge on any atom is 0.407 e. The van der Waals surface area contributed by atoms with E-state index in [1.165, 1.54) is 7.11 Å². The molecule has 0 aliphatic carbocycles. The highest BCUT2D eigenvalue weighted by Crippen LogP contribution is 2.28. The molecule has 0 saturated heterocycles. The number of rotatable bonds is 12. The summed E-state index contributed by atoms with van der Waals surface area (Å²) in [6.07, 6.45) is 0.855. The van der Waals surface area contributed by atoms with E-state index in [0.29, 0.717) is 36.0 Å². The average Bonchev–Trinajstić information content (AvgIpc) is 2.84. The smallest absolute Gasteiger partial charge is 0.407 e. The van der Waals surface area contributed by atoms with Gasteiger partial charge in [0.1, 0.15) is 6.61 Å². The fraction of sp³-hybridized carbons (Fsp3) is 0.400. The molecule has 9 nitrogen and oxygen atoms in total. The predicted octanol–water partition coefficient (Wildman–Crippen LogP) is 3.59. The van der Waals surface area contributed by atoms with Crippen LogP contribution in [0.15, 0.2) is 48.5 Å². The number of hydrogen-bond donors (Lipinski definition) is 3. The number of nitrogens with one attached hydrogen (secondary N) is 3. The first-order valence-corrected chi connectivity index (χ1v) is 11.2. The van der Waals surface area contributed by atoms with E-state index in [2.05, 4.69) is 30.0 Å². The molecule has 2 aromatic rings. The van der Waals surface area contributed by atoms with Gasteiger partial charge in [0.25, 0.3) is 5.91 Å². The molecule has 2 aromatic carbocycles. The highest BCUT2D eigenvalue weighted by atomic mass is 16.5. The summed E-state index contributed by atoms with van der Waals surface area (Å²) in [5.41, 5.74) is 5.93. The van der Waals surface area contributed by atoms with Crippen molar-refractivity contribution < 1.29 is 28.6 Å². The largest absolute Gasteiger partial charge is 0.493 e. The van der Waals surface area contributed by atoms with Crippen molar-refractivity contribution in [1.29, 1.82) is 0 Å². The van der Waals surface area contributed by atoms with Gasteiger partial charge in [-0.1, -0.05) is 44.2 Å². The van der Waals surface area contributed by atoms with Crippen molar-refractivity contribution in [3.63, 3.8) is 0 Å². The van der Waals surface area contributed by atoms with E-state index in [-0.39, 0.29) is 25.5 Å². The lowest BCUT2D eigenvalue weighted by atomic mass is 10.1. The van der Waals surface area contributed by atoms with E-state index in [1.54, 1.807) is 18.2 Å². The molecule has 0 radical (unpaired) electrons. The van der Waals surface area contributed by atoms with E-state index in [9.17, 15) is 14.4 Å². The van der Waals surface area contributed by atoms with Crippen LogP contribution in [0.4, 0.5) is 4.79 Å². The lowest BCUT2D eigenvalue weighted by Gasteiger charge is -2.13. The third-order valence-corrected chi connectivity index (χ3v) is 4.76. The third-order valence-electron chi connectivity index (χ3n) is 4.76. The Hall–Kier alpha value is -3.75. The molecule has 0 aliphatic rings. The summed E-state index contributed by atoms with van der Waals surface area (Å²) in [5.74, 6) is 0.645. The van der Waals surface area contributed by atoms with Gasteiger partial charge in [-0.05, 0) is 42.5 Å². The Morgan fingerprint density at radius 2 is 1.74 bits per heavy atom. The molecule has 0 bridgehead atoms. The summed E-state index contributed by atoms with van der Waals surface area (Å²) < 4.78 is 16.1. The molecule has 184 valence electrons. The maximum absolute atomic E-state index is 12.3. The fourth-order valence-electron chi connectivity index (χ4n) is 2.81. The van der Waals surface area contributed by atoms with Gasteiger partial charge in [0.15, 0.2) is 11.5 Å². The SMILES string of the molecule is COc1cc(C(=O)NNC(=O)CCCNC(=O)OCc2ccccc2)ccc1OCCC(C)C. The van der Waals surface area contributed by atoms with Gasteiger partial charge in [-0.15, -0.1) is 0 Å². The van der Waals surface area contributed by atoms with E-state index in [0.717, 1.165) is 12.0 Å². The molecular weight excluding hydrogens is 438 g/mol. The molecule has 0 unspecified atom stereocenters. The summed E-state index contributed by atoms with van der Waals surface area (Å²) in [6, 6.07) is 14.1. The van der Waals surface area contributed by atoms with E-state index in [4.69, 9.17) is 14.2 Å². The Kier molecular flexibility index (Phi) is 11.2. The third kappa shape index (κ3) is 9.81. The second-order valence-corrected chi connectivity index (χ2v) is 7.99. The van der Waals surface area contributed by atoms with Gasteiger partial charge in [0, 0.05) is 18.5 Å². The van der Waals surface area contributed by atoms with Crippen molar-refractivity contribution in [3.8, 4) is 11.5 Å². The minimum atomic E-state index is -0.553. The van der Waals surface area contributed by atoms with Crippen LogP contribution in [-0.4, -0.2) is 38.2 Å². The van der Waals surface area contributed by atoms with Crippen LogP contribution in [0.1, 0.15) is 49.0 Å². The highest BCUT2D eigenvalue weighted by Gasteiger charge is 2.12. The van der Waals surface area contributed by atoms with Gasteiger partial charge in [0.2, 0.25) is 5.91 Å². The van der Waals surface area contributed by atoms with Gasteiger partial charge in [-0.3, -0.25) is 20.4 Å². The Bertz CT molecular complexity index is 934. The molecule has 34 heavy (non-hydrogen) atoms. The van der Waals surface area contributed by atoms with E-state index in [1.807, 2.05) is 30.3 Å². The number of alkyl carbamates (subject to hydrolysis) is 1. The molecule has 0 fully saturated rings. The molecule has 0 spiro atoms. The minimum absolute atomic E-state index is 0.116. The van der Waals surface area contributed by atoms with Crippen molar-refractivity contribution in [2.45, 2.75) is 39.7 Å². The minimum Gasteiger partial charge on any atom is -0.493 e. The first-order valence-electron chi connectivity index (χ1n) is 11.2. The van der Waals surface area contributed by atoms with Crippen LogP contribution in [0.25, 0.3) is 0 Å². The summed E-state index contributed by atoms with van der Waals surface area (Å²) >= 11 is 0. The number of benzene rings is 2. The standard InChI is InChI=1S/C25H33N3O6/c1-18(2)13-15-33-21-12-11-20(16-22(21)32-3)24(30)28-27-23(29)10-7-14-26-25(31)34-17-19-8-5-4-6-9-19/h4-6,8-9,11-12,16,18H,7,10,13-15,17H2,1-3H3,(H,26,31)(H,27,29)(H,28,30). The number of carbonyl (C=O) groups excluding carboxylic acids is 3. The van der Waals surface area contributed by atoms with Gasteiger partial charge in [-0.2, -0.15) is 0 Å². The van der Waals surface area contributed by atoms with Crippen molar-refractivity contribution >= 4 is 17.9 Å². The van der Waals surface area contributed by atoms with Crippen LogP contribution in [0.5, 0.6) is 11.5 Å². The number of ether oxygens (including phenoxy) is 3. The zero-order chi connectivity index (χ0) is 24.8. The second-order valence-electron chi connectivity index (χ2n) is 7.99. The van der Waals surface area contributed by atoms with E-state index >= 15 is 0 Å². The zero-order valence-corrected chi connectivity index (χ0v) is 19.9.